The lowest BCUT2D eigenvalue weighted by Crippen LogP contribution is -2.00. The Morgan fingerprint density at radius 3 is 2.33 bits per heavy atom. The summed E-state index contributed by atoms with van der Waals surface area (Å²) < 4.78 is 2.72. The molecule has 0 saturated heterocycles. The van der Waals surface area contributed by atoms with E-state index in [9.17, 15) is 0 Å². The molecule has 1 heterocycles. The fraction of sp³-hybridized carbons (Fsp3) is 0.176. The molecule has 4 heteroatoms. The monoisotopic (exact) mass is 293 g/mol. The number of benzene rings is 2. The minimum absolute atomic E-state index is 0.445. The molecular weight excluding hydrogens is 278 g/mol. The lowest BCUT2D eigenvalue weighted by molar-refractivity contribution is 0.846. The molecule has 0 aliphatic heterocycles. The number of nitrogens with zero attached hydrogens (tertiary/aromatic N) is 2. The first-order chi connectivity index (χ1) is 10.3. The zero-order valence-corrected chi connectivity index (χ0v) is 12.3. The minimum atomic E-state index is 0.445. The average molecular weight is 293 g/mol. The van der Waals surface area contributed by atoms with Crippen molar-refractivity contribution in [2.75, 3.05) is 0 Å². The molecule has 0 bridgehead atoms. The molecule has 0 unspecified atom stereocenters. The van der Waals surface area contributed by atoms with Crippen molar-refractivity contribution in [3.63, 3.8) is 0 Å². The highest BCUT2D eigenvalue weighted by Gasteiger charge is 2.43. The van der Waals surface area contributed by atoms with Crippen molar-refractivity contribution in [2.45, 2.75) is 18.3 Å². The number of para-hydroxylation sites is 1. The van der Waals surface area contributed by atoms with E-state index in [1.54, 1.807) is 0 Å². The summed E-state index contributed by atoms with van der Waals surface area (Å²) in [5.74, 6) is 2.04. The summed E-state index contributed by atoms with van der Waals surface area (Å²) in [4.78, 5) is 0. The summed E-state index contributed by atoms with van der Waals surface area (Å²) in [7, 11) is 0. The number of nitrogens with one attached hydrogen (secondary N) is 1. The van der Waals surface area contributed by atoms with Gasteiger partial charge in [-0.2, -0.15) is 5.10 Å². The molecule has 2 aromatic carbocycles. The summed E-state index contributed by atoms with van der Waals surface area (Å²) in [5.41, 5.74) is 2.46. The second kappa shape index (κ2) is 4.97. The molecule has 1 aliphatic rings. The summed E-state index contributed by atoms with van der Waals surface area (Å²) >= 11 is 5.40. The second-order valence-electron chi connectivity index (χ2n) is 5.42. The van der Waals surface area contributed by atoms with Crippen LogP contribution in [0.5, 0.6) is 0 Å². The molecule has 2 atom stereocenters. The van der Waals surface area contributed by atoms with Crippen molar-refractivity contribution >= 4 is 12.2 Å². The van der Waals surface area contributed by atoms with Gasteiger partial charge in [0, 0.05) is 11.6 Å². The van der Waals surface area contributed by atoms with Crippen LogP contribution >= 0.6 is 12.2 Å². The topological polar surface area (TPSA) is 33.6 Å². The van der Waals surface area contributed by atoms with Crippen LogP contribution in [0, 0.1) is 4.77 Å². The molecule has 4 rings (SSSR count). The number of hydrogen-bond acceptors (Lipinski definition) is 2. The summed E-state index contributed by atoms with van der Waals surface area (Å²) in [5, 5.41) is 7.42. The zero-order chi connectivity index (χ0) is 14.2. The van der Waals surface area contributed by atoms with Gasteiger partial charge in [0.25, 0.3) is 0 Å². The third-order valence-corrected chi connectivity index (χ3v) is 4.34. The van der Waals surface area contributed by atoms with Gasteiger partial charge in [-0.3, -0.25) is 9.67 Å². The van der Waals surface area contributed by atoms with Gasteiger partial charge in [-0.15, -0.1) is 0 Å². The van der Waals surface area contributed by atoms with Crippen LogP contribution in [-0.2, 0) is 0 Å². The first-order valence-electron chi connectivity index (χ1n) is 7.12. The van der Waals surface area contributed by atoms with Gasteiger partial charge >= 0.3 is 0 Å². The molecule has 1 saturated carbocycles. The maximum atomic E-state index is 5.40. The predicted molar refractivity (Wildman–Crippen MR) is 85.3 cm³/mol. The van der Waals surface area contributed by atoms with E-state index in [0.717, 1.165) is 17.9 Å². The molecule has 104 valence electrons. The normalized spacial score (nSPS) is 20.4. The number of hydrogen-bond donors (Lipinski definition) is 1. The van der Waals surface area contributed by atoms with Crippen molar-refractivity contribution in [2.24, 2.45) is 0 Å². The van der Waals surface area contributed by atoms with Crippen LogP contribution in [0.3, 0.4) is 0 Å². The molecular formula is C17H15N3S. The largest absolute Gasteiger partial charge is 0.272 e. The van der Waals surface area contributed by atoms with E-state index in [1.807, 2.05) is 18.2 Å². The second-order valence-corrected chi connectivity index (χ2v) is 5.80. The molecule has 0 radical (unpaired) electrons. The SMILES string of the molecule is S=c1[nH]nc([C@@H]2C[C@H]2c2ccccc2)n1-c1ccccc1. The Kier molecular flexibility index (Phi) is 2.97. The third kappa shape index (κ3) is 2.21. The molecule has 1 fully saturated rings. The van der Waals surface area contributed by atoms with Crippen molar-refractivity contribution in [3.05, 3.63) is 76.8 Å². The van der Waals surface area contributed by atoms with Crippen LogP contribution in [0.1, 0.15) is 29.6 Å². The van der Waals surface area contributed by atoms with E-state index in [4.69, 9.17) is 12.2 Å². The highest BCUT2D eigenvalue weighted by atomic mass is 32.1. The van der Waals surface area contributed by atoms with Gasteiger partial charge in [0.2, 0.25) is 0 Å². The maximum absolute atomic E-state index is 5.40. The first kappa shape index (κ1) is 12.5. The van der Waals surface area contributed by atoms with Gasteiger partial charge in [-0.1, -0.05) is 48.5 Å². The van der Waals surface area contributed by atoms with Crippen LogP contribution in [0.4, 0.5) is 0 Å². The molecule has 0 amide bonds. The number of H-pyrrole nitrogens is 1. The lowest BCUT2D eigenvalue weighted by Gasteiger charge is -2.06. The molecule has 3 aromatic rings. The highest BCUT2D eigenvalue weighted by molar-refractivity contribution is 7.71. The van der Waals surface area contributed by atoms with E-state index >= 15 is 0 Å². The predicted octanol–water partition coefficient (Wildman–Crippen LogP) is 4.20. The van der Waals surface area contributed by atoms with Crippen molar-refractivity contribution < 1.29 is 0 Å². The van der Waals surface area contributed by atoms with Crippen LogP contribution in [-0.4, -0.2) is 14.8 Å². The van der Waals surface area contributed by atoms with Crippen molar-refractivity contribution in [3.8, 4) is 5.69 Å². The van der Waals surface area contributed by atoms with E-state index < -0.39 is 0 Å². The molecule has 1 N–H and O–H groups in total. The van der Waals surface area contributed by atoms with Gasteiger partial charge in [0.05, 0.1) is 0 Å². The number of aromatic amines is 1. The fourth-order valence-electron chi connectivity index (χ4n) is 2.93. The van der Waals surface area contributed by atoms with Gasteiger partial charge in [0.1, 0.15) is 5.82 Å². The molecule has 0 spiro atoms. The van der Waals surface area contributed by atoms with E-state index in [0.29, 0.717) is 16.6 Å². The van der Waals surface area contributed by atoms with E-state index in [2.05, 4.69) is 57.2 Å². The van der Waals surface area contributed by atoms with Crippen LogP contribution in [0.15, 0.2) is 60.7 Å². The standard InChI is InChI=1S/C17H15N3S/c21-17-19-18-16(20(17)13-9-5-2-6-10-13)15-11-14(15)12-7-3-1-4-8-12/h1-10,14-15H,11H2,(H,19,21)/t14-,15+/m0/s1. The highest BCUT2D eigenvalue weighted by Crippen LogP contribution is 2.54. The van der Waals surface area contributed by atoms with Gasteiger partial charge in [0.15, 0.2) is 4.77 Å². The van der Waals surface area contributed by atoms with Crippen LogP contribution < -0.4 is 0 Å². The average Bonchev–Trinajstić information content (AvgIpc) is 3.25. The smallest absolute Gasteiger partial charge is 0.199 e. The molecule has 21 heavy (non-hydrogen) atoms. The van der Waals surface area contributed by atoms with Crippen molar-refractivity contribution in [1.29, 1.82) is 0 Å². The van der Waals surface area contributed by atoms with Crippen molar-refractivity contribution in [1.82, 2.24) is 14.8 Å². The first-order valence-corrected chi connectivity index (χ1v) is 7.53. The maximum Gasteiger partial charge on any atom is 0.199 e. The zero-order valence-electron chi connectivity index (χ0n) is 11.4. The third-order valence-electron chi connectivity index (χ3n) is 4.06. The Hall–Kier alpha value is -2.20. The molecule has 3 nitrogen and oxygen atoms in total. The minimum Gasteiger partial charge on any atom is -0.272 e. The van der Waals surface area contributed by atoms with E-state index in [1.165, 1.54) is 5.56 Å². The van der Waals surface area contributed by atoms with Gasteiger partial charge in [-0.05, 0) is 42.3 Å². The fourth-order valence-corrected chi connectivity index (χ4v) is 3.18. The number of rotatable bonds is 3. The quantitative estimate of drug-likeness (QED) is 0.734. The summed E-state index contributed by atoms with van der Waals surface area (Å²) in [6.07, 6.45) is 1.14. The van der Waals surface area contributed by atoms with Crippen LogP contribution in [0.25, 0.3) is 5.69 Å². The Morgan fingerprint density at radius 1 is 0.952 bits per heavy atom. The molecule has 1 aromatic heterocycles. The summed E-state index contributed by atoms with van der Waals surface area (Å²) in [6.45, 7) is 0. The number of aromatic nitrogens is 3. The lowest BCUT2D eigenvalue weighted by atomic mass is 10.1. The van der Waals surface area contributed by atoms with Gasteiger partial charge in [-0.25, -0.2) is 0 Å². The molecule has 1 aliphatic carbocycles. The Labute approximate surface area is 128 Å². The Balaban J connectivity index is 1.71. The van der Waals surface area contributed by atoms with Crippen LogP contribution in [0.2, 0.25) is 0 Å². The van der Waals surface area contributed by atoms with E-state index in [-0.39, 0.29) is 0 Å². The Bertz CT molecular complexity index is 805. The Morgan fingerprint density at radius 2 is 1.62 bits per heavy atom. The van der Waals surface area contributed by atoms with Gasteiger partial charge < -0.3 is 0 Å². The summed E-state index contributed by atoms with van der Waals surface area (Å²) in [6, 6.07) is 20.8.